The highest BCUT2D eigenvalue weighted by molar-refractivity contribution is 9.10. The molecule has 0 fully saturated rings. The molecule has 0 spiro atoms. The summed E-state index contributed by atoms with van der Waals surface area (Å²) in [6.07, 6.45) is -1.06. The number of para-hydroxylation sites is 1. The van der Waals surface area contributed by atoms with Crippen LogP contribution in [-0.4, -0.2) is 17.3 Å². The zero-order valence-corrected chi connectivity index (χ0v) is 12.6. The first-order valence-corrected chi connectivity index (χ1v) is 7.40. The number of halogens is 3. The Kier molecular flexibility index (Phi) is 3.95. The molecule has 5 heteroatoms. The van der Waals surface area contributed by atoms with Crippen LogP contribution >= 0.6 is 15.9 Å². The van der Waals surface area contributed by atoms with Crippen molar-refractivity contribution in [3.8, 4) is 5.75 Å². The Hall–Kier alpha value is -1.46. The van der Waals surface area contributed by atoms with Gasteiger partial charge in [0.1, 0.15) is 23.5 Å². The van der Waals surface area contributed by atoms with E-state index in [4.69, 9.17) is 4.74 Å². The summed E-state index contributed by atoms with van der Waals surface area (Å²) in [6, 6.07) is 9.97. The molecular weight excluding hydrogens is 342 g/mol. The lowest BCUT2D eigenvalue weighted by atomic mass is 9.99. The van der Waals surface area contributed by atoms with E-state index >= 15 is 0 Å². The van der Waals surface area contributed by atoms with E-state index in [1.165, 1.54) is 12.1 Å². The minimum absolute atomic E-state index is 0.128. The van der Waals surface area contributed by atoms with Crippen molar-refractivity contribution < 1.29 is 18.6 Å². The predicted octanol–water partition coefficient (Wildman–Crippen LogP) is 3.63. The monoisotopic (exact) mass is 354 g/mol. The summed E-state index contributed by atoms with van der Waals surface area (Å²) in [5, 5.41) is 10.2. The van der Waals surface area contributed by atoms with Gasteiger partial charge in [0.15, 0.2) is 0 Å². The second kappa shape index (κ2) is 5.73. The van der Waals surface area contributed by atoms with Crippen LogP contribution in [0.15, 0.2) is 40.9 Å². The second-order valence-electron chi connectivity index (χ2n) is 5.06. The van der Waals surface area contributed by atoms with E-state index in [1.54, 1.807) is 0 Å². The first kappa shape index (κ1) is 14.5. The van der Waals surface area contributed by atoms with Crippen molar-refractivity contribution >= 4 is 15.9 Å². The average Bonchev–Trinajstić information content (AvgIpc) is 2.91. The highest BCUT2D eigenvalue weighted by Crippen LogP contribution is 2.31. The molecule has 2 atom stereocenters. The molecule has 2 aromatic carbocycles. The van der Waals surface area contributed by atoms with Gasteiger partial charge < -0.3 is 9.84 Å². The van der Waals surface area contributed by atoms with Crippen LogP contribution in [0.25, 0.3) is 0 Å². The molecule has 2 nitrogen and oxygen atoms in total. The van der Waals surface area contributed by atoms with Crippen LogP contribution in [0.5, 0.6) is 5.75 Å². The molecule has 0 aromatic heterocycles. The molecule has 1 aliphatic rings. The third-order valence-corrected chi connectivity index (χ3v) is 4.27. The van der Waals surface area contributed by atoms with E-state index in [0.29, 0.717) is 6.42 Å². The van der Waals surface area contributed by atoms with Gasteiger partial charge in [0.2, 0.25) is 0 Å². The molecule has 0 amide bonds. The van der Waals surface area contributed by atoms with Gasteiger partial charge in [-0.1, -0.05) is 18.2 Å². The maximum absolute atomic E-state index is 13.9. The fourth-order valence-electron chi connectivity index (χ4n) is 2.52. The topological polar surface area (TPSA) is 29.5 Å². The number of hydrogen-bond donors (Lipinski definition) is 1. The van der Waals surface area contributed by atoms with Gasteiger partial charge in [-0.3, -0.25) is 0 Å². The molecule has 1 heterocycles. The average molecular weight is 355 g/mol. The van der Waals surface area contributed by atoms with Gasteiger partial charge in [0, 0.05) is 18.4 Å². The number of hydrogen-bond acceptors (Lipinski definition) is 2. The Morgan fingerprint density at radius 1 is 1.24 bits per heavy atom. The van der Waals surface area contributed by atoms with Crippen molar-refractivity contribution in [2.24, 2.45) is 0 Å². The molecule has 21 heavy (non-hydrogen) atoms. The smallest absolute Gasteiger partial charge is 0.143 e. The Morgan fingerprint density at radius 2 is 2.00 bits per heavy atom. The maximum Gasteiger partial charge on any atom is 0.143 e. The zero-order chi connectivity index (χ0) is 15.0. The maximum atomic E-state index is 13.9. The molecule has 110 valence electrons. The fourth-order valence-corrected chi connectivity index (χ4v) is 2.89. The summed E-state index contributed by atoms with van der Waals surface area (Å²) in [5.41, 5.74) is 0.869. The molecule has 3 rings (SSSR count). The van der Waals surface area contributed by atoms with Gasteiger partial charge in [-0.15, -0.1) is 0 Å². The van der Waals surface area contributed by atoms with Crippen molar-refractivity contribution in [1.29, 1.82) is 0 Å². The Bertz CT molecular complexity index is 650. The van der Waals surface area contributed by atoms with Gasteiger partial charge in [0.05, 0.1) is 10.6 Å². The Morgan fingerprint density at radius 3 is 2.76 bits per heavy atom. The summed E-state index contributed by atoms with van der Waals surface area (Å²) in [7, 11) is 0. The Labute approximate surface area is 129 Å². The van der Waals surface area contributed by atoms with E-state index in [2.05, 4.69) is 15.9 Å². The Balaban J connectivity index is 1.77. The van der Waals surface area contributed by atoms with Crippen LogP contribution in [0.1, 0.15) is 11.1 Å². The summed E-state index contributed by atoms with van der Waals surface area (Å²) in [6.45, 7) is 0. The number of rotatable bonds is 3. The largest absolute Gasteiger partial charge is 0.487 e. The lowest BCUT2D eigenvalue weighted by Crippen LogP contribution is -2.32. The van der Waals surface area contributed by atoms with Crippen molar-refractivity contribution in [1.82, 2.24) is 0 Å². The van der Waals surface area contributed by atoms with Gasteiger partial charge in [-0.2, -0.15) is 0 Å². The molecule has 1 N–H and O–H groups in total. The molecule has 2 unspecified atom stereocenters. The standard InChI is InChI=1S/C16H13BrF2O2/c17-11-5-6-12(18)10(16(11)19)8-13(20)15-7-9-3-1-2-4-14(9)21-15/h1-6,13,15,20H,7-8H2. The number of ether oxygens (including phenoxy) is 1. The second-order valence-corrected chi connectivity index (χ2v) is 5.92. The van der Waals surface area contributed by atoms with E-state index in [-0.39, 0.29) is 16.5 Å². The minimum Gasteiger partial charge on any atom is -0.487 e. The van der Waals surface area contributed by atoms with Crippen LogP contribution < -0.4 is 4.74 Å². The summed E-state index contributed by atoms with van der Waals surface area (Å²) in [4.78, 5) is 0. The van der Waals surface area contributed by atoms with E-state index in [0.717, 1.165) is 11.3 Å². The molecule has 1 aliphatic heterocycles. The third-order valence-electron chi connectivity index (χ3n) is 3.65. The van der Waals surface area contributed by atoms with Crippen LogP contribution in [0.2, 0.25) is 0 Å². The lowest BCUT2D eigenvalue weighted by molar-refractivity contribution is 0.0491. The van der Waals surface area contributed by atoms with Gasteiger partial charge in [-0.05, 0) is 39.7 Å². The SMILES string of the molecule is OC(Cc1c(F)ccc(Br)c1F)C1Cc2ccccc2O1. The normalized spacial score (nSPS) is 18.2. The predicted molar refractivity (Wildman–Crippen MR) is 78.3 cm³/mol. The first-order chi connectivity index (χ1) is 10.1. The van der Waals surface area contributed by atoms with E-state index in [9.17, 15) is 13.9 Å². The van der Waals surface area contributed by atoms with Crippen LogP contribution in [0.3, 0.4) is 0 Å². The minimum atomic E-state index is -0.976. The molecule has 0 saturated heterocycles. The highest BCUT2D eigenvalue weighted by Gasteiger charge is 2.30. The fraction of sp³-hybridized carbons (Fsp3) is 0.250. The van der Waals surface area contributed by atoms with Crippen molar-refractivity contribution in [3.63, 3.8) is 0 Å². The van der Waals surface area contributed by atoms with Gasteiger partial charge >= 0.3 is 0 Å². The number of benzene rings is 2. The van der Waals surface area contributed by atoms with Crippen LogP contribution in [0, 0.1) is 11.6 Å². The first-order valence-electron chi connectivity index (χ1n) is 6.61. The summed E-state index contributed by atoms with van der Waals surface area (Å²) >= 11 is 3.02. The van der Waals surface area contributed by atoms with Crippen molar-refractivity contribution in [2.75, 3.05) is 0 Å². The van der Waals surface area contributed by atoms with Crippen molar-refractivity contribution in [3.05, 3.63) is 63.6 Å². The quantitative estimate of drug-likeness (QED) is 0.852. The number of aliphatic hydroxyl groups excluding tert-OH is 1. The summed E-state index contributed by atoms with van der Waals surface area (Å²) < 4.78 is 33.5. The molecule has 0 aliphatic carbocycles. The van der Waals surface area contributed by atoms with Crippen molar-refractivity contribution in [2.45, 2.75) is 25.0 Å². The molecular formula is C16H13BrF2O2. The van der Waals surface area contributed by atoms with E-state index in [1.807, 2.05) is 24.3 Å². The van der Waals surface area contributed by atoms with Gasteiger partial charge in [0.25, 0.3) is 0 Å². The van der Waals surface area contributed by atoms with Gasteiger partial charge in [-0.25, -0.2) is 8.78 Å². The number of fused-ring (bicyclic) bond motifs is 1. The van der Waals surface area contributed by atoms with Crippen LogP contribution in [-0.2, 0) is 12.8 Å². The zero-order valence-electron chi connectivity index (χ0n) is 11.0. The van der Waals surface area contributed by atoms with Crippen LogP contribution in [0.4, 0.5) is 8.78 Å². The highest BCUT2D eigenvalue weighted by atomic mass is 79.9. The molecule has 0 radical (unpaired) electrons. The molecule has 0 saturated carbocycles. The van der Waals surface area contributed by atoms with E-state index < -0.39 is 23.8 Å². The molecule has 0 bridgehead atoms. The summed E-state index contributed by atoms with van der Waals surface area (Å²) in [5.74, 6) is -0.619. The third kappa shape index (κ3) is 2.80. The lowest BCUT2D eigenvalue weighted by Gasteiger charge is -2.19. The number of aliphatic hydroxyl groups is 1. The molecule has 2 aromatic rings.